The Morgan fingerprint density at radius 1 is 1.04 bits per heavy atom. The minimum absolute atomic E-state index is 0.651. The van der Waals surface area contributed by atoms with Gasteiger partial charge in [0, 0.05) is 49.8 Å². The van der Waals surface area contributed by atoms with E-state index in [1.54, 1.807) is 17.2 Å². The molecule has 8 nitrogen and oxygen atoms in total. The molecule has 0 bridgehead atoms. The zero-order chi connectivity index (χ0) is 16.1. The molecule has 2 aliphatic heterocycles. The molecule has 5 rings (SSSR count). The van der Waals surface area contributed by atoms with Crippen molar-refractivity contribution in [3.63, 3.8) is 0 Å². The van der Waals surface area contributed by atoms with Crippen LogP contribution in [0.25, 0.3) is 5.65 Å². The normalized spacial score (nSPS) is 23.2. The van der Waals surface area contributed by atoms with E-state index in [0.717, 1.165) is 49.0 Å². The Kier molecular flexibility index (Phi) is 2.91. The summed E-state index contributed by atoms with van der Waals surface area (Å²) < 4.78 is 1.74. The van der Waals surface area contributed by atoms with Gasteiger partial charge in [-0.2, -0.15) is 4.52 Å². The topological polar surface area (TPSA) is 75.3 Å². The van der Waals surface area contributed by atoms with Crippen molar-refractivity contribution in [2.45, 2.75) is 6.92 Å². The Hall–Kier alpha value is -2.77. The van der Waals surface area contributed by atoms with Crippen LogP contribution in [0.5, 0.6) is 0 Å². The van der Waals surface area contributed by atoms with Crippen molar-refractivity contribution in [1.29, 1.82) is 0 Å². The molecule has 8 heteroatoms. The van der Waals surface area contributed by atoms with Crippen LogP contribution in [0.1, 0.15) is 5.56 Å². The fourth-order valence-electron chi connectivity index (χ4n) is 3.96. The standard InChI is InChI=1S/C16H18N8/c1-11-4-17-9-18-16(11)23-7-12-5-22(6-13(12)8-23)15-3-2-14-20-19-10-24(14)21-15/h2-4,9-10,12-13H,5-8H2,1H3. The van der Waals surface area contributed by atoms with Crippen molar-refractivity contribution in [2.24, 2.45) is 11.8 Å². The molecule has 0 N–H and O–H groups in total. The highest BCUT2D eigenvalue weighted by atomic mass is 15.4. The highest BCUT2D eigenvalue weighted by molar-refractivity contribution is 5.49. The summed E-state index contributed by atoms with van der Waals surface area (Å²) in [6, 6.07) is 4.01. The lowest BCUT2D eigenvalue weighted by Gasteiger charge is -2.23. The first kappa shape index (κ1) is 13.6. The summed E-state index contributed by atoms with van der Waals surface area (Å²) in [6.07, 6.45) is 5.18. The summed E-state index contributed by atoms with van der Waals surface area (Å²) in [4.78, 5) is 13.3. The third-order valence-corrected chi connectivity index (χ3v) is 5.12. The molecular formula is C16H18N8. The fraction of sp³-hybridized carbons (Fsp3) is 0.438. The Morgan fingerprint density at radius 2 is 1.83 bits per heavy atom. The van der Waals surface area contributed by atoms with Gasteiger partial charge >= 0.3 is 0 Å². The second kappa shape index (κ2) is 5.12. The number of aryl methyl sites for hydroxylation is 1. The van der Waals surface area contributed by atoms with Crippen molar-refractivity contribution in [3.8, 4) is 0 Å². The second-order valence-electron chi connectivity index (χ2n) is 6.68. The van der Waals surface area contributed by atoms with Crippen LogP contribution in [0.4, 0.5) is 11.6 Å². The van der Waals surface area contributed by atoms with Crippen LogP contribution in [0, 0.1) is 18.8 Å². The molecule has 2 saturated heterocycles. The van der Waals surface area contributed by atoms with Crippen LogP contribution in [-0.2, 0) is 0 Å². The van der Waals surface area contributed by atoms with Crippen LogP contribution in [0.3, 0.4) is 0 Å². The summed E-state index contributed by atoms with van der Waals surface area (Å²) in [5.41, 5.74) is 1.93. The van der Waals surface area contributed by atoms with Gasteiger partial charge in [-0.25, -0.2) is 9.97 Å². The Balaban J connectivity index is 1.34. The molecule has 0 aromatic carbocycles. The van der Waals surface area contributed by atoms with Gasteiger partial charge in [-0.3, -0.25) is 0 Å². The molecule has 2 atom stereocenters. The molecule has 0 aliphatic carbocycles. The van der Waals surface area contributed by atoms with Gasteiger partial charge in [0.05, 0.1) is 0 Å². The number of hydrogen-bond acceptors (Lipinski definition) is 7. The minimum Gasteiger partial charge on any atom is -0.356 e. The first-order valence-electron chi connectivity index (χ1n) is 8.21. The van der Waals surface area contributed by atoms with Gasteiger partial charge in [-0.1, -0.05) is 0 Å². The molecule has 2 aliphatic rings. The van der Waals surface area contributed by atoms with Crippen molar-refractivity contribution >= 4 is 17.3 Å². The molecule has 3 aromatic heterocycles. The molecule has 0 amide bonds. The van der Waals surface area contributed by atoms with E-state index in [-0.39, 0.29) is 0 Å². The molecule has 24 heavy (non-hydrogen) atoms. The number of nitrogens with zero attached hydrogens (tertiary/aromatic N) is 8. The minimum atomic E-state index is 0.651. The van der Waals surface area contributed by atoms with E-state index in [1.165, 1.54) is 0 Å². The van der Waals surface area contributed by atoms with Crippen LogP contribution in [0.2, 0.25) is 0 Å². The SMILES string of the molecule is Cc1cncnc1N1CC2CN(c3ccc4nncn4n3)CC2C1. The summed E-state index contributed by atoms with van der Waals surface area (Å²) in [5.74, 6) is 3.38. The number of fused-ring (bicyclic) bond motifs is 2. The van der Waals surface area contributed by atoms with Crippen LogP contribution in [-0.4, -0.2) is 56.0 Å². The van der Waals surface area contributed by atoms with Crippen LogP contribution in [0.15, 0.2) is 31.0 Å². The van der Waals surface area contributed by atoms with Crippen molar-refractivity contribution in [3.05, 3.63) is 36.5 Å². The number of aromatic nitrogens is 6. The zero-order valence-corrected chi connectivity index (χ0v) is 13.4. The molecule has 3 aromatic rings. The van der Waals surface area contributed by atoms with E-state index in [2.05, 4.69) is 42.0 Å². The monoisotopic (exact) mass is 322 g/mol. The van der Waals surface area contributed by atoms with Gasteiger partial charge in [0.2, 0.25) is 0 Å². The van der Waals surface area contributed by atoms with Gasteiger partial charge in [0.15, 0.2) is 5.65 Å². The fourth-order valence-corrected chi connectivity index (χ4v) is 3.96. The first-order valence-corrected chi connectivity index (χ1v) is 8.21. The molecule has 122 valence electrons. The molecule has 5 heterocycles. The molecular weight excluding hydrogens is 304 g/mol. The Labute approximate surface area is 139 Å². The van der Waals surface area contributed by atoms with Crippen LogP contribution >= 0.6 is 0 Å². The summed E-state index contributed by atoms with van der Waals surface area (Å²) in [5, 5.41) is 12.5. The van der Waals surface area contributed by atoms with Crippen molar-refractivity contribution in [2.75, 3.05) is 36.0 Å². The maximum atomic E-state index is 4.62. The molecule has 2 unspecified atom stereocenters. The summed E-state index contributed by atoms with van der Waals surface area (Å²) in [6.45, 7) is 6.24. The van der Waals surface area contributed by atoms with E-state index in [4.69, 9.17) is 0 Å². The van der Waals surface area contributed by atoms with Gasteiger partial charge in [0.25, 0.3) is 0 Å². The van der Waals surface area contributed by atoms with E-state index < -0.39 is 0 Å². The Bertz CT molecular complexity index is 876. The third-order valence-electron chi connectivity index (χ3n) is 5.12. The quantitative estimate of drug-likeness (QED) is 0.690. The predicted molar refractivity (Wildman–Crippen MR) is 89.0 cm³/mol. The largest absolute Gasteiger partial charge is 0.356 e. The maximum Gasteiger partial charge on any atom is 0.177 e. The second-order valence-corrected chi connectivity index (χ2v) is 6.68. The number of hydrogen-bond donors (Lipinski definition) is 0. The van der Waals surface area contributed by atoms with Gasteiger partial charge in [-0.15, -0.1) is 15.3 Å². The molecule has 0 spiro atoms. The highest BCUT2D eigenvalue weighted by Gasteiger charge is 2.41. The van der Waals surface area contributed by atoms with Gasteiger partial charge in [0.1, 0.15) is 24.3 Å². The van der Waals surface area contributed by atoms with E-state index >= 15 is 0 Å². The highest BCUT2D eigenvalue weighted by Crippen LogP contribution is 2.35. The number of rotatable bonds is 2. The predicted octanol–water partition coefficient (Wildman–Crippen LogP) is 0.795. The Morgan fingerprint density at radius 3 is 2.62 bits per heavy atom. The number of anilines is 2. The van der Waals surface area contributed by atoms with E-state index in [1.807, 2.05) is 18.3 Å². The van der Waals surface area contributed by atoms with E-state index in [9.17, 15) is 0 Å². The van der Waals surface area contributed by atoms with Crippen molar-refractivity contribution < 1.29 is 0 Å². The lowest BCUT2D eigenvalue weighted by Crippen LogP contribution is -2.30. The van der Waals surface area contributed by atoms with Crippen LogP contribution < -0.4 is 9.80 Å². The zero-order valence-electron chi connectivity index (χ0n) is 13.4. The third kappa shape index (κ3) is 2.10. The van der Waals surface area contributed by atoms with Gasteiger partial charge in [-0.05, 0) is 19.1 Å². The van der Waals surface area contributed by atoms with Crippen molar-refractivity contribution in [1.82, 2.24) is 29.8 Å². The van der Waals surface area contributed by atoms with Gasteiger partial charge < -0.3 is 9.80 Å². The molecule has 0 saturated carbocycles. The molecule has 2 fully saturated rings. The van der Waals surface area contributed by atoms with E-state index in [0.29, 0.717) is 11.8 Å². The lowest BCUT2D eigenvalue weighted by atomic mass is 10.0. The smallest absolute Gasteiger partial charge is 0.177 e. The average Bonchev–Trinajstić information content (AvgIpc) is 3.28. The average molecular weight is 322 g/mol. The summed E-state index contributed by atoms with van der Waals surface area (Å²) in [7, 11) is 0. The first-order chi connectivity index (χ1) is 11.8. The lowest BCUT2D eigenvalue weighted by molar-refractivity contribution is 0.533. The maximum absolute atomic E-state index is 4.62. The molecule has 0 radical (unpaired) electrons. The summed E-state index contributed by atoms with van der Waals surface area (Å²) >= 11 is 0.